The number of nitrogens with zero attached hydrogens (tertiary/aromatic N) is 1. The van der Waals surface area contributed by atoms with Gasteiger partial charge < -0.3 is 4.98 Å². The third-order valence-corrected chi connectivity index (χ3v) is 1.62. The van der Waals surface area contributed by atoms with Gasteiger partial charge in [-0.25, -0.2) is 8.78 Å². The maximum absolute atomic E-state index is 12.3. The lowest BCUT2D eigenvalue weighted by Gasteiger charge is -2.02. The zero-order valence-electron chi connectivity index (χ0n) is 7.07. The Morgan fingerprint density at radius 1 is 1.53 bits per heavy atom. The standard InChI is InChI=1S/C7H4F2N2O4/c8-7(9)6-3(2-12)4(11(14)15)1-5(13)10-6/h1-2,7H,(H,10,13). The van der Waals surface area contributed by atoms with Crippen LogP contribution in [0.4, 0.5) is 14.5 Å². The molecule has 8 heteroatoms. The summed E-state index contributed by atoms with van der Waals surface area (Å²) in [4.78, 5) is 32.2. The van der Waals surface area contributed by atoms with E-state index in [1.807, 2.05) is 0 Å². The van der Waals surface area contributed by atoms with E-state index in [1.165, 1.54) is 0 Å². The number of aromatic amines is 1. The van der Waals surface area contributed by atoms with Crippen molar-refractivity contribution in [3.63, 3.8) is 0 Å². The Kier molecular flexibility index (Phi) is 2.88. The van der Waals surface area contributed by atoms with Crippen LogP contribution in [0.2, 0.25) is 0 Å². The highest BCUT2D eigenvalue weighted by Crippen LogP contribution is 2.24. The van der Waals surface area contributed by atoms with Crippen molar-refractivity contribution >= 4 is 12.0 Å². The fourth-order valence-electron chi connectivity index (χ4n) is 1.02. The third kappa shape index (κ3) is 2.03. The van der Waals surface area contributed by atoms with E-state index in [1.54, 1.807) is 4.98 Å². The summed E-state index contributed by atoms with van der Waals surface area (Å²) in [7, 11) is 0. The number of carbonyl (C=O) groups excluding carboxylic acids is 1. The summed E-state index contributed by atoms with van der Waals surface area (Å²) in [5.74, 6) is 0. The molecule has 1 N–H and O–H groups in total. The molecule has 0 saturated heterocycles. The molecule has 0 saturated carbocycles. The Labute approximate surface area is 80.7 Å². The topological polar surface area (TPSA) is 93.1 Å². The average Bonchev–Trinajstić information content (AvgIpc) is 2.16. The van der Waals surface area contributed by atoms with E-state index in [2.05, 4.69) is 0 Å². The van der Waals surface area contributed by atoms with E-state index < -0.39 is 33.9 Å². The Balaban J connectivity index is 3.59. The maximum atomic E-state index is 12.3. The van der Waals surface area contributed by atoms with Gasteiger partial charge in [-0.2, -0.15) is 0 Å². The third-order valence-electron chi connectivity index (χ3n) is 1.62. The Hall–Kier alpha value is -2.12. The number of alkyl halides is 2. The van der Waals surface area contributed by atoms with Crippen molar-refractivity contribution in [3.8, 4) is 0 Å². The van der Waals surface area contributed by atoms with E-state index in [0.717, 1.165) is 0 Å². The van der Waals surface area contributed by atoms with Gasteiger partial charge in [0.25, 0.3) is 17.7 Å². The largest absolute Gasteiger partial charge is 0.320 e. The minimum absolute atomic E-state index is 0.0877. The van der Waals surface area contributed by atoms with Crippen LogP contribution in [0.1, 0.15) is 22.5 Å². The van der Waals surface area contributed by atoms with E-state index in [4.69, 9.17) is 0 Å². The first-order valence-corrected chi connectivity index (χ1v) is 3.62. The molecule has 1 aromatic rings. The summed E-state index contributed by atoms with van der Waals surface area (Å²) in [6.45, 7) is 0. The molecule has 0 bridgehead atoms. The van der Waals surface area contributed by atoms with Crippen LogP contribution in [0.25, 0.3) is 0 Å². The number of hydrogen-bond donors (Lipinski definition) is 1. The second-order valence-corrected chi connectivity index (χ2v) is 2.52. The molecule has 15 heavy (non-hydrogen) atoms. The van der Waals surface area contributed by atoms with E-state index >= 15 is 0 Å². The zero-order valence-corrected chi connectivity index (χ0v) is 7.07. The van der Waals surface area contributed by atoms with Gasteiger partial charge in [-0.3, -0.25) is 19.7 Å². The Bertz CT molecular complexity index is 469. The van der Waals surface area contributed by atoms with Crippen molar-refractivity contribution in [1.82, 2.24) is 4.98 Å². The van der Waals surface area contributed by atoms with Crippen LogP contribution in [0, 0.1) is 10.1 Å². The van der Waals surface area contributed by atoms with Crippen molar-refractivity contribution in [2.75, 3.05) is 0 Å². The quantitative estimate of drug-likeness (QED) is 0.465. The highest BCUT2D eigenvalue weighted by molar-refractivity contribution is 5.82. The van der Waals surface area contributed by atoms with Gasteiger partial charge >= 0.3 is 0 Å². The maximum Gasteiger partial charge on any atom is 0.287 e. The molecule has 0 unspecified atom stereocenters. The molecule has 0 aromatic carbocycles. The monoisotopic (exact) mass is 218 g/mol. The molecule has 1 rings (SSSR count). The molecule has 0 aliphatic carbocycles. The van der Waals surface area contributed by atoms with Gasteiger partial charge in [0.15, 0.2) is 6.29 Å². The van der Waals surface area contributed by atoms with Crippen LogP contribution in [0.5, 0.6) is 0 Å². The van der Waals surface area contributed by atoms with Gasteiger partial charge in [0, 0.05) is 0 Å². The van der Waals surface area contributed by atoms with Crippen LogP contribution < -0.4 is 5.56 Å². The van der Waals surface area contributed by atoms with Crippen LogP contribution in [0.3, 0.4) is 0 Å². The molecule has 0 spiro atoms. The number of halogens is 2. The van der Waals surface area contributed by atoms with Gasteiger partial charge in [-0.05, 0) is 0 Å². The second-order valence-electron chi connectivity index (χ2n) is 2.52. The molecule has 0 fully saturated rings. The highest BCUT2D eigenvalue weighted by Gasteiger charge is 2.24. The number of carbonyl (C=O) groups is 1. The van der Waals surface area contributed by atoms with E-state index in [0.29, 0.717) is 6.07 Å². The number of aromatic nitrogens is 1. The first-order chi connectivity index (χ1) is 6.97. The van der Waals surface area contributed by atoms with Crippen molar-refractivity contribution in [3.05, 3.63) is 37.8 Å². The fraction of sp³-hybridized carbons (Fsp3) is 0.143. The van der Waals surface area contributed by atoms with E-state index in [9.17, 15) is 28.5 Å². The van der Waals surface area contributed by atoms with Crippen LogP contribution in [-0.2, 0) is 0 Å². The molecule has 1 heterocycles. The van der Waals surface area contributed by atoms with Gasteiger partial charge in [0.1, 0.15) is 11.3 Å². The smallest absolute Gasteiger partial charge is 0.287 e. The first kappa shape index (κ1) is 11.0. The molecule has 0 aliphatic heterocycles. The SMILES string of the molecule is O=Cc1c([N+](=O)[O-])cc(=O)[nH]c1C(F)F. The van der Waals surface area contributed by atoms with Crippen molar-refractivity contribution in [2.45, 2.75) is 6.43 Å². The Morgan fingerprint density at radius 3 is 2.53 bits per heavy atom. The molecule has 0 aliphatic rings. The summed E-state index contributed by atoms with van der Waals surface area (Å²) < 4.78 is 24.6. The summed E-state index contributed by atoms with van der Waals surface area (Å²) in [5, 5.41) is 10.4. The minimum Gasteiger partial charge on any atom is -0.320 e. The van der Waals surface area contributed by atoms with Crippen LogP contribution >= 0.6 is 0 Å². The molecular weight excluding hydrogens is 214 g/mol. The molecule has 1 aromatic heterocycles. The van der Waals surface area contributed by atoms with Gasteiger partial charge in [-0.15, -0.1) is 0 Å². The van der Waals surface area contributed by atoms with Crippen LogP contribution in [0.15, 0.2) is 10.9 Å². The summed E-state index contributed by atoms with van der Waals surface area (Å²) in [6.07, 6.45) is -3.24. The predicted molar refractivity (Wildman–Crippen MR) is 44.1 cm³/mol. The Morgan fingerprint density at radius 2 is 2.13 bits per heavy atom. The lowest BCUT2D eigenvalue weighted by atomic mass is 10.2. The van der Waals surface area contributed by atoms with Gasteiger partial charge in [-0.1, -0.05) is 0 Å². The van der Waals surface area contributed by atoms with E-state index in [-0.39, 0.29) is 6.29 Å². The molecule has 0 atom stereocenters. The van der Waals surface area contributed by atoms with Crippen LogP contribution in [-0.4, -0.2) is 16.2 Å². The predicted octanol–water partition coefficient (Wildman–Crippen LogP) is 1.03. The first-order valence-electron chi connectivity index (χ1n) is 3.62. The number of nitrogens with one attached hydrogen (secondary N) is 1. The second kappa shape index (κ2) is 3.95. The zero-order chi connectivity index (χ0) is 11.6. The molecular formula is C7H4F2N2O4. The minimum atomic E-state index is -3.15. The normalized spacial score (nSPS) is 10.3. The lowest BCUT2D eigenvalue weighted by molar-refractivity contribution is -0.385. The molecule has 0 radical (unpaired) electrons. The number of rotatable bonds is 3. The summed E-state index contributed by atoms with van der Waals surface area (Å²) >= 11 is 0. The number of nitro groups is 1. The lowest BCUT2D eigenvalue weighted by Crippen LogP contribution is -2.13. The number of pyridine rings is 1. The van der Waals surface area contributed by atoms with Gasteiger partial charge in [0.2, 0.25) is 0 Å². The number of H-pyrrole nitrogens is 1. The molecule has 80 valence electrons. The molecule has 0 amide bonds. The number of hydrogen-bond acceptors (Lipinski definition) is 4. The highest BCUT2D eigenvalue weighted by atomic mass is 19.3. The van der Waals surface area contributed by atoms with Gasteiger partial charge in [0.05, 0.1) is 11.0 Å². The summed E-state index contributed by atoms with van der Waals surface area (Å²) in [5.41, 5.74) is -3.83. The van der Waals surface area contributed by atoms with Crippen molar-refractivity contribution in [1.29, 1.82) is 0 Å². The average molecular weight is 218 g/mol. The summed E-state index contributed by atoms with van der Waals surface area (Å²) in [6, 6.07) is 0.482. The molecule has 6 nitrogen and oxygen atoms in total. The fourth-order valence-corrected chi connectivity index (χ4v) is 1.02. The number of aldehydes is 1. The van der Waals surface area contributed by atoms with Crippen molar-refractivity contribution < 1.29 is 18.5 Å². The van der Waals surface area contributed by atoms with Crippen molar-refractivity contribution in [2.24, 2.45) is 0 Å².